The summed E-state index contributed by atoms with van der Waals surface area (Å²) in [4.78, 5) is 27.8. The van der Waals surface area contributed by atoms with E-state index >= 15 is 4.39 Å². The number of likely N-dealkylation sites (tertiary alicyclic amines) is 1. The number of nitrogens with zero attached hydrogens (tertiary/aromatic N) is 4. The average molecular weight is 590 g/mol. The van der Waals surface area contributed by atoms with E-state index in [4.69, 9.17) is 26.5 Å². The van der Waals surface area contributed by atoms with E-state index in [1.165, 1.54) is 18.1 Å². The molecule has 1 saturated carbocycles. The van der Waals surface area contributed by atoms with Gasteiger partial charge < -0.3 is 24.7 Å². The van der Waals surface area contributed by atoms with E-state index in [1.54, 1.807) is 29.2 Å². The highest BCUT2D eigenvalue weighted by molar-refractivity contribution is 7.91. The van der Waals surface area contributed by atoms with Gasteiger partial charge in [-0.2, -0.15) is 0 Å². The number of methoxy groups -OCH3 is 1. The van der Waals surface area contributed by atoms with E-state index in [0.29, 0.717) is 23.7 Å². The number of nitrogens with two attached hydrogens (primary N) is 1. The fourth-order valence-electron chi connectivity index (χ4n) is 5.65. The zero-order valence-corrected chi connectivity index (χ0v) is 22.9. The number of halogens is 2. The van der Waals surface area contributed by atoms with Crippen LogP contribution in [0.1, 0.15) is 24.3 Å². The molecule has 3 aromatic rings. The molecule has 1 aliphatic carbocycles. The molecule has 3 aliphatic rings. The molecule has 2 fully saturated rings. The second-order valence-corrected chi connectivity index (χ2v) is 12.8. The van der Waals surface area contributed by atoms with Crippen molar-refractivity contribution in [3.05, 3.63) is 58.7 Å². The van der Waals surface area contributed by atoms with Crippen LogP contribution in [0.4, 0.5) is 14.9 Å². The number of fused-ring (bicyclic) bond motifs is 2. The third-order valence-corrected chi connectivity index (χ3v) is 9.92. The smallest absolute Gasteiger partial charge is 0.409 e. The van der Waals surface area contributed by atoms with Crippen molar-refractivity contribution in [2.75, 3.05) is 30.9 Å². The standard InChI is InChI=1S/C26H25ClFN5O6S/c1-38-25(35)32-7-6-15-10-26(15,13-32)24-31-30-22(39-24)17-8-20-21(9-18(17)28)40(36,37)12-19(29)23(34)33(20)11-14-2-4-16(27)5-3-14/h2-5,8-9,15,19H,6-7,10-13,29H2,1H3/t15?,19-,26?/m0/s1. The number of amides is 2. The van der Waals surface area contributed by atoms with Crippen LogP contribution >= 0.6 is 11.6 Å². The van der Waals surface area contributed by atoms with Gasteiger partial charge in [0.2, 0.25) is 11.8 Å². The van der Waals surface area contributed by atoms with Gasteiger partial charge in [0.25, 0.3) is 5.89 Å². The highest BCUT2D eigenvalue weighted by atomic mass is 35.5. The third-order valence-electron chi connectivity index (χ3n) is 7.88. The SMILES string of the molecule is COC(=O)N1CCC2CC2(c2nnc(-c3cc4c(cc3F)S(=O)(=O)C[C@H](N)C(=O)N4Cc3ccc(Cl)cc3)o2)C1. The molecule has 11 nitrogen and oxygen atoms in total. The summed E-state index contributed by atoms with van der Waals surface area (Å²) in [5, 5.41) is 8.73. The summed E-state index contributed by atoms with van der Waals surface area (Å²) in [7, 11) is -2.80. The maximum Gasteiger partial charge on any atom is 0.409 e. The Balaban J connectivity index is 1.40. The van der Waals surface area contributed by atoms with Gasteiger partial charge in [-0.25, -0.2) is 17.6 Å². The van der Waals surface area contributed by atoms with Crippen LogP contribution in [0.15, 0.2) is 45.7 Å². The average Bonchev–Trinajstić information content (AvgIpc) is 3.48. The van der Waals surface area contributed by atoms with Gasteiger partial charge in [0.05, 0.1) is 47.0 Å². The molecule has 1 aromatic heterocycles. The van der Waals surface area contributed by atoms with Crippen LogP contribution in [0.2, 0.25) is 5.02 Å². The van der Waals surface area contributed by atoms with Crippen molar-refractivity contribution in [1.82, 2.24) is 15.1 Å². The zero-order chi connectivity index (χ0) is 28.4. The lowest BCUT2D eigenvalue weighted by molar-refractivity contribution is -0.119. The lowest BCUT2D eigenvalue weighted by Crippen LogP contribution is -2.45. The summed E-state index contributed by atoms with van der Waals surface area (Å²) in [5.74, 6) is -1.88. The van der Waals surface area contributed by atoms with Crippen LogP contribution < -0.4 is 10.6 Å². The number of piperidine rings is 1. The van der Waals surface area contributed by atoms with E-state index in [1.807, 2.05) is 0 Å². The molecule has 0 spiro atoms. The van der Waals surface area contributed by atoms with Gasteiger partial charge in [0.15, 0.2) is 9.84 Å². The maximum absolute atomic E-state index is 15.5. The minimum atomic E-state index is -4.11. The summed E-state index contributed by atoms with van der Waals surface area (Å²) < 4.78 is 52.5. The van der Waals surface area contributed by atoms with Crippen LogP contribution in [0, 0.1) is 11.7 Å². The van der Waals surface area contributed by atoms with Crippen molar-refractivity contribution in [2.24, 2.45) is 11.7 Å². The predicted octanol–water partition coefficient (Wildman–Crippen LogP) is 2.91. The van der Waals surface area contributed by atoms with E-state index < -0.39 is 44.9 Å². The molecule has 0 radical (unpaired) electrons. The highest BCUT2D eigenvalue weighted by Gasteiger charge is 2.62. The summed E-state index contributed by atoms with van der Waals surface area (Å²) in [5.41, 5.74) is 5.88. The molecule has 2 amide bonds. The van der Waals surface area contributed by atoms with Crippen molar-refractivity contribution in [1.29, 1.82) is 0 Å². The Labute approximate surface area is 233 Å². The Hall–Kier alpha value is -3.55. The summed E-state index contributed by atoms with van der Waals surface area (Å²) in [6.45, 7) is 0.853. The van der Waals surface area contributed by atoms with Gasteiger partial charge >= 0.3 is 6.09 Å². The minimum Gasteiger partial charge on any atom is -0.453 e. The number of hydrogen-bond acceptors (Lipinski definition) is 9. The van der Waals surface area contributed by atoms with Crippen LogP contribution in [-0.4, -0.2) is 67.5 Å². The molecule has 3 atom stereocenters. The van der Waals surface area contributed by atoms with Crippen molar-refractivity contribution in [3.8, 4) is 11.5 Å². The number of carbonyl (C=O) groups excluding carboxylic acids is 2. The van der Waals surface area contributed by atoms with Crippen molar-refractivity contribution < 1.29 is 31.6 Å². The largest absolute Gasteiger partial charge is 0.453 e. The summed E-state index contributed by atoms with van der Waals surface area (Å²) in [6.07, 6.45) is 1.01. The molecule has 2 unspecified atom stereocenters. The Morgan fingerprint density at radius 2 is 2.02 bits per heavy atom. The fraction of sp³-hybridized carbons (Fsp3) is 0.385. The Kier molecular flexibility index (Phi) is 6.35. The summed E-state index contributed by atoms with van der Waals surface area (Å²) in [6, 6.07) is 7.43. The molecule has 2 aliphatic heterocycles. The fourth-order valence-corrected chi connectivity index (χ4v) is 7.34. The molecule has 2 N–H and O–H groups in total. The number of benzene rings is 2. The topological polar surface area (TPSA) is 149 Å². The molecule has 210 valence electrons. The lowest BCUT2D eigenvalue weighted by atomic mass is 9.97. The number of ether oxygens (including phenoxy) is 1. The van der Waals surface area contributed by atoms with Crippen molar-refractivity contribution in [2.45, 2.75) is 35.7 Å². The van der Waals surface area contributed by atoms with Gasteiger partial charge in [-0.1, -0.05) is 23.7 Å². The van der Waals surface area contributed by atoms with E-state index in [2.05, 4.69) is 10.2 Å². The van der Waals surface area contributed by atoms with Crippen LogP contribution in [0.25, 0.3) is 11.5 Å². The molecular formula is C26H25ClFN5O6S. The van der Waals surface area contributed by atoms with Crippen molar-refractivity contribution >= 4 is 39.1 Å². The maximum atomic E-state index is 15.5. The van der Waals surface area contributed by atoms with E-state index in [0.717, 1.165) is 18.9 Å². The predicted molar refractivity (Wildman–Crippen MR) is 141 cm³/mol. The van der Waals surface area contributed by atoms with Crippen molar-refractivity contribution in [3.63, 3.8) is 0 Å². The first-order valence-electron chi connectivity index (χ1n) is 12.6. The second kappa shape index (κ2) is 9.53. The Bertz CT molecular complexity index is 1630. The first-order chi connectivity index (χ1) is 19.0. The number of carbonyl (C=O) groups is 2. The quantitative estimate of drug-likeness (QED) is 0.484. The number of sulfone groups is 1. The highest BCUT2D eigenvalue weighted by Crippen LogP contribution is 2.58. The monoisotopic (exact) mass is 589 g/mol. The molecule has 0 bridgehead atoms. The summed E-state index contributed by atoms with van der Waals surface area (Å²) >= 11 is 5.99. The van der Waals surface area contributed by atoms with Crippen LogP contribution in [0.5, 0.6) is 0 Å². The second-order valence-electron chi connectivity index (χ2n) is 10.4. The van der Waals surface area contributed by atoms with Gasteiger partial charge in [0, 0.05) is 18.1 Å². The van der Waals surface area contributed by atoms with E-state index in [-0.39, 0.29) is 40.4 Å². The molecule has 2 aromatic carbocycles. The Morgan fingerprint density at radius 3 is 2.75 bits per heavy atom. The Morgan fingerprint density at radius 1 is 1.27 bits per heavy atom. The van der Waals surface area contributed by atoms with Gasteiger partial charge in [-0.3, -0.25) is 4.79 Å². The number of rotatable bonds is 4. The van der Waals surface area contributed by atoms with Gasteiger partial charge in [0.1, 0.15) is 5.82 Å². The zero-order valence-electron chi connectivity index (χ0n) is 21.3. The van der Waals surface area contributed by atoms with Crippen LogP contribution in [-0.2, 0) is 31.3 Å². The van der Waals surface area contributed by atoms with Gasteiger partial charge in [-0.05, 0) is 48.6 Å². The molecule has 40 heavy (non-hydrogen) atoms. The van der Waals surface area contributed by atoms with Gasteiger partial charge in [-0.15, -0.1) is 10.2 Å². The minimum absolute atomic E-state index is 0.0273. The molecule has 14 heteroatoms. The number of aromatic nitrogens is 2. The van der Waals surface area contributed by atoms with Crippen LogP contribution in [0.3, 0.4) is 0 Å². The first-order valence-corrected chi connectivity index (χ1v) is 14.6. The third kappa shape index (κ3) is 4.41. The number of hydrogen-bond donors (Lipinski definition) is 1. The molecule has 6 rings (SSSR count). The molecule has 1 saturated heterocycles. The van der Waals surface area contributed by atoms with E-state index in [9.17, 15) is 18.0 Å². The molecule has 3 heterocycles. The normalized spacial score (nSPS) is 25.1. The molecular weight excluding hydrogens is 565 g/mol. The lowest BCUT2D eigenvalue weighted by Gasteiger charge is -2.29. The first kappa shape index (κ1) is 26.7. The number of anilines is 1.